The Morgan fingerprint density at radius 2 is 1.96 bits per heavy atom. The van der Waals surface area contributed by atoms with Crippen molar-refractivity contribution in [3.05, 3.63) is 30.2 Å². The van der Waals surface area contributed by atoms with Crippen molar-refractivity contribution in [2.75, 3.05) is 5.32 Å². The molecule has 6 heteroatoms. The highest BCUT2D eigenvalue weighted by atomic mass is 16.4. The Kier molecular flexibility index (Phi) is 4.19. The van der Waals surface area contributed by atoms with Crippen LogP contribution in [0.15, 0.2) is 28.7 Å². The molecule has 2 fully saturated rings. The summed E-state index contributed by atoms with van der Waals surface area (Å²) in [4.78, 5) is 14.9. The fourth-order valence-electron chi connectivity index (χ4n) is 4.36. The summed E-state index contributed by atoms with van der Waals surface area (Å²) in [5.41, 5.74) is 1.64. The molecule has 0 bridgehead atoms. The molecule has 2 aliphatic rings. The van der Waals surface area contributed by atoms with Gasteiger partial charge in [0.1, 0.15) is 0 Å². The van der Waals surface area contributed by atoms with E-state index in [9.17, 15) is 4.79 Å². The maximum Gasteiger partial charge on any atom is 0.322 e. The van der Waals surface area contributed by atoms with Crippen molar-refractivity contribution in [2.24, 2.45) is 5.92 Å². The molecule has 1 saturated carbocycles. The van der Waals surface area contributed by atoms with Gasteiger partial charge in [0.15, 0.2) is 0 Å². The molecule has 25 heavy (non-hydrogen) atoms. The number of rotatable bonds is 2. The van der Waals surface area contributed by atoms with Crippen molar-refractivity contribution in [3.8, 4) is 11.5 Å². The summed E-state index contributed by atoms with van der Waals surface area (Å²) in [6, 6.07) is 8.28. The van der Waals surface area contributed by atoms with Gasteiger partial charge >= 0.3 is 6.03 Å². The zero-order chi connectivity index (χ0) is 17.4. The summed E-state index contributed by atoms with van der Waals surface area (Å²) in [7, 11) is 0. The van der Waals surface area contributed by atoms with Crippen LogP contribution in [0.2, 0.25) is 0 Å². The first kappa shape index (κ1) is 16.1. The van der Waals surface area contributed by atoms with Crippen LogP contribution in [0.25, 0.3) is 11.5 Å². The third kappa shape index (κ3) is 3.13. The number of hydrogen-bond donors (Lipinski definition) is 1. The molecule has 6 nitrogen and oxygen atoms in total. The topological polar surface area (TPSA) is 71.3 Å². The van der Waals surface area contributed by atoms with Crippen molar-refractivity contribution in [3.63, 3.8) is 0 Å². The molecule has 0 radical (unpaired) electrons. The van der Waals surface area contributed by atoms with E-state index in [0.29, 0.717) is 29.8 Å². The number of nitrogens with one attached hydrogen (secondary N) is 1. The van der Waals surface area contributed by atoms with E-state index in [2.05, 4.69) is 27.3 Å². The lowest BCUT2D eigenvalue weighted by atomic mass is 9.85. The number of aromatic nitrogens is 2. The number of likely N-dealkylation sites (tertiary alicyclic amines) is 1. The number of hydrogen-bond acceptors (Lipinski definition) is 4. The van der Waals surface area contributed by atoms with Crippen LogP contribution in [0.1, 0.15) is 44.9 Å². The average molecular weight is 340 g/mol. The molecule has 2 aromatic rings. The first-order valence-corrected chi connectivity index (χ1v) is 9.11. The minimum atomic E-state index is 0.0169. The Balaban J connectivity index is 1.45. The first-order chi connectivity index (χ1) is 12.1. The molecule has 0 unspecified atom stereocenters. The normalized spacial score (nSPS) is 25.7. The van der Waals surface area contributed by atoms with Gasteiger partial charge in [0.05, 0.1) is 0 Å². The lowest BCUT2D eigenvalue weighted by molar-refractivity contribution is 0.168. The summed E-state index contributed by atoms with van der Waals surface area (Å²) in [6.45, 7) is 3.93. The van der Waals surface area contributed by atoms with Crippen molar-refractivity contribution >= 4 is 11.7 Å². The summed E-state index contributed by atoms with van der Waals surface area (Å²) >= 11 is 0. The summed E-state index contributed by atoms with van der Waals surface area (Å²) in [5.74, 6) is 1.71. The highest BCUT2D eigenvalue weighted by Crippen LogP contribution is 2.39. The zero-order valence-corrected chi connectivity index (χ0v) is 14.7. The molecule has 2 amide bonds. The van der Waals surface area contributed by atoms with Crippen molar-refractivity contribution in [1.29, 1.82) is 0 Å². The van der Waals surface area contributed by atoms with Crippen LogP contribution in [0.5, 0.6) is 0 Å². The van der Waals surface area contributed by atoms with E-state index in [1.807, 2.05) is 24.3 Å². The van der Waals surface area contributed by atoms with Crippen LogP contribution in [0.3, 0.4) is 0 Å². The molecule has 1 aromatic heterocycles. The van der Waals surface area contributed by atoms with Gasteiger partial charge < -0.3 is 14.6 Å². The highest BCUT2D eigenvalue weighted by Gasteiger charge is 2.42. The van der Waals surface area contributed by atoms with Crippen LogP contribution in [0.4, 0.5) is 10.5 Å². The fraction of sp³-hybridized carbons (Fsp3) is 0.526. The van der Waals surface area contributed by atoms with Gasteiger partial charge in [0.25, 0.3) is 0 Å². The second-order valence-corrected chi connectivity index (χ2v) is 7.24. The Hall–Kier alpha value is -2.37. The maximum atomic E-state index is 12.8. The number of carbonyl (C=O) groups is 1. The van der Waals surface area contributed by atoms with Gasteiger partial charge in [-0.3, -0.25) is 0 Å². The summed E-state index contributed by atoms with van der Waals surface area (Å²) in [6.07, 6.45) is 6.07. The van der Waals surface area contributed by atoms with Crippen LogP contribution < -0.4 is 5.32 Å². The molecule has 2 heterocycles. The molecule has 1 N–H and O–H groups in total. The minimum Gasteiger partial charge on any atom is -0.421 e. The Bertz CT molecular complexity index is 755. The number of urea groups is 1. The van der Waals surface area contributed by atoms with Crippen LogP contribution >= 0.6 is 0 Å². The molecular weight excluding hydrogens is 316 g/mol. The lowest BCUT2D eigenvalue weighted by Gasteiger charge is -2.33. The predicted octanol–water partition coefficient (Wildman–Crippen LogP) is 4.23. The van der Waals surface area contributed by atoms with E-state index in [0.717, 1.165) is 24.1 Å². The number of carbonyl (C=O) groups excluding carboxylic acids is 1. The number of aryl methyl sites for hydroxylation is 1. The van der Waals surface area contributed by atoms with Crippen molar-refractivity contribution in [1.82, 2.24) is 15.1 Å². The molecule has 1 aliphatic heterocycles. The predicted molar refractivity (Wildman–Crippen MR) is 95.2 cm³/mol. The van der Waals surface area contributed by atoms with Gasteiger partial charge in [0, 0.05) is 30.3 Å². The second-order valence-electron chi connectivity index (χ2n) is 7.24. The molecule has 4 rings (SSSR count). The number of amides is 2. The number of fused-ring (bicyclic) bond motifs is 1. The van der Waals surface area contributed by atoms with E-state index in [1.165, 1.54) is 19.3 Å². The third-order valence-corrected chi connectivity index (χ3v) is 5.49. The van der Waals surface area contributed by atoms with Crippen LogP contribution in [-0.2, 0) is 0 Å². The SMILES string of the molecule is Cc1nnc(-c2ccc(NC(=O)N3[C@H](C)C[C@H]4CCCC[C@H]43)cc2)o1. The first-order valence-electron chi connectivity index (χ1n) is 9.11. The van der Waals surface area contributed by atoms with Gasteiger partial charge in [-0.1, -0.05) is 12.8 Å². The lowest BCUT2D eigenvalue weighted by Crippen LogP contribution is -2.44. The molecule has 1 aliphatic carbocycles. The largest absolute Gasteiger partial charge is 0.421 e. The molecular formula is C19H24N4O2. The molecule has 1 saturated heterocycles. The van der Waals surface area contributed by atoms with E-state index in [4.69, 9.17) is 4.42 Å². The van der Waals surface area contributed by atoms with Crippen LogP contribution in [-0.4, -0.2) is 33.2 Å². The summed E-state index contributed by atoms with van der Waals surface area (Å²) in [5, 5.41) is 10.9. The Morgan fingerprint density at radius 3 is 2.68 bits per heavy atom. The zero-order valence-electron chi connectivity index (χ0n) is 14.7. The average Bonchev–Trinajstić information content (AvgIpc) is 3.18. The van der Waals surface area contributed by atoms with Gasteiger partial charge in [-0.15, -0.1) is 10.2 Å². The minimum absolute atomic E-state index is 0.0169. The molecule has 0 spiro atoms. The quantitative estimate of drug-likeness (QED) is 0.888. The molecule has 1 aromatic carbocycles. The Labute approximate surface area is 147 Å². The number of anilines is 1. The van der Waals surface area contributed by atoms with E-state index in [-0.39, 0.29) is 6.03 Å². The van der Waals surface area contributed by atoms with Crippen molar-refractivity contribution < 1.29 is 9.21 Å². The smallest absolute Gasteiger partial charge is 0.322 e. The van der Waals surface area contributed by atoms with E-state index < -0.39 is 0 Å². The van der Waals surface area contributed by atoms with E-state index >= 15 is 0 Å². The third-order valence-electron chi connectivity index (χ3n) is 5.49. The van der Waals surface area contributed by atoms with Crippen LogP contribution in [0, 0.1) is 12.8 Å². The fourth-order valence-corrected chi connectivity index (χ4v) is 4.36. The van der Waals surface area contributed by atoms with E-state index in [1.54, 1.807) is 6.92 Å². The second kappa shape index (κ2) is 6.50. The molecule has 132 valence electrons. The standard InChI is InChI=1S/C19H24N4O2/c1-12-11-15-5-3-4-6-17(15)23(12)19(24)20-16-9-7-14(8-10-16)18-22-21-13(2)25-18/h7-10,12,15,17H,3-6,11H2,1-2H3,(H,20,24)/t12-,15-,17-/m1/s1. The maximum absolute atomic E-state index is 12.8. The van der Waals surface area contributed by atoms with Crippen molar-refractivity contribution in [2.45, 2.75) is 58.0 Å². The van der Waals surface area contributed by atoms with Gasteiger partial charge in [-0.25, -0.2) is 4.79 Å². The number of nitrogens with zero attached hydrogens (tertiary/aromatic N) is 3. The molecule has 3 atom stereocenters. The van der Waals surface area contributed by atoms with Gasteiger partial charge in [-0.2, -0.15) is 0 Å². The summed E-state index contributed by atoms with van der Waals surface area (Å²) < 4.78 is 5.43. The van der Waals surface area contributed by atoms with Gasteiger partial charge in [0.2, 0.25) is 11.8 Å². The monoisotopic (exact) mass is 340 g/mol. The highest BCUT2D eigenvalue weighted by molar-refractivity contribution is 5.90. The number of benzene rings is 1. The Morgan fingerprint density at radius 1 is 1.20 bits per heavy atom. The van der Waals surface area contributed by atoms with Gasteiger partial charge in [-0.05, 0) is 56.4 Å².